The zero-order chi connectivity index (χ0) is 24.6. The van der Waals surface area contributed by atoms with E-state index in [1.165, 1.54) is 4.90 Å². The highest BCUT2D eigenvalue weighted by atomic mass is 35.5. The van der Waals surface area contributed by atoms with Crippen LogP contribution >= 0.6 is 11.6 Å². The fourth-order valence-electron chi connectivity index (χ4n) is 4.40. The summed E-state index contributed by atoms with van der Waals surface area (Å²) in [4.78, 5) is 37.2. The number of aromatic nitrogens is 2. The van der Waals surface area contributed by atoms with E-state index in [4.69, 9.17) is 20.8 Å². The summed E-state index contributed by atoms with van der Waals surface area (Å²) in [6.45, 7) is 0.376. The number of benzene rings is 3. The van der Waals surface area contributed by atoms with Gasteiger partial charge in [0.25, 0.3) is 5.91 Å². The Labute approximate surface area is 210 Å². The molecule has 36 heavy (non-hydrogen) atoms. The Kier molecular flexibility index (Phi) is 5.47. The van der Waals surface area contributed by atoms with Crippen LogP contribution in [0.25, 0.3) is 11.0 Å². The lowest BCUT2D eigenvalue weighted by Gasteiger charge is -2.23. The Morgan fingerprint density at radius 1 is 0.917 bits per heavy atom. The van der Waals surface area contributed by atoms with E-state index in [-0.39, 0.29) is 28.3 Å². The number of amides is 1. The summed E-state index contributed by atoms with van der Waals surface area (Å²) in [5.41, 5.74) is 1.84. The maximum atomic E-state index is 13.7. The van der Waals surface area contributed by atoms with Crippen molar-refractivity contribution in [3.8, 4) is 5.75 Å². The van der Waals surface area contributed by atoms with Gasteiger partial charge < -0.3 is 9.15 Å². The van der Waals surface area contributed by atoms with Crippen molar-refractivity contribution < 1.29 is 13.9 Å². The van der Waals surface area contributed by atoms with E-state index in [0.29, 0.717) is 28.3 Å². The molecule has 1 amide bonds. The molecule has 0 bridgehead atoms. The van der Waals surface area contributed by atoms with E-state index in [1.54, 1.807) is 36.7 Å². The minimum Gasteiger partial charge on any atom is -0.489 e. The van der Waals surface area contributed by atoms with Gasteiger partial charge in [-0.15, -0.1) is 0 Å². The van der Waals surface area contributed by atoms with E-state index >= 15 is 0 Å². The molecule has 0 aliphatic carbocycles. The predicted octanol–water partition coefficient (Wildman–Crippen LogP) is 5.57. The van der Waals surface area contributed by atoms with E-state index in [9.17, 15) is 9.59 Å². The largest absolute Gasteiger partial charge is 0.489 e. The standard InChI is InChI=1S/C28H18ClN3O4/c29-19-10-11-22-21(15-19)25(33)23-24(32(27(34)26(23)36-22)28-30-12-5-13-31-28)18-8-4-9-20(14-18)35-16-17-6-2-1-3-7-17/h1-15,24H,16H2. The van der Waals surface area contributed by atoms with Gasteiger partial charge in [-0.05, 0) is 47.5 Å². The first-order chi connectivity index (χ1) is 17.6. The molecule has 1 aliphatic rings. The minimum absolute atomic E-state index is 0.0390. The van der Waals surface area contributed by atoms with Gasteiger partial charge >= 0.3 is 0 Å². The number of ether oxygens (including phenoxy) is 1. The lowest BCUT2D eigenvalue weighted by atomic mass is 9.98. The first kappa shape index (κ1) is 22.0. The van der Waals surface area contributed by atoms with E-state index in [2.05, 4.69) is 9.97 Å². The summed E-state index contributed by atoms with van der Waals surface area (Å²) in [5, 5.41) is 0.696. The van der Waals surface area contributed by atoms with E-state index < -0.39 is 11.9 Å². The van der Waals surface area contributed by atoms with Gasteiger partial charge in [-0.25, -0.2) is 9.97 Å². The summed E-state index contributed by atoms with van der Waals surface area (Å²) in [6.07, 6.45) is 3.08. The molecule has 0 spiro atoms. The molecule has 5 aromatic rings. The molecule has 8 heteroatoms. The monoisotopic (exact) mass is 495 g/mol. The molecule has 3 heterocycles. The number of hydrogen-bond donors (Lipinski definition) is 0. The topological polar surface area (TPSA) is 85.5 Å². The molecular formula is C28H18ClN3O4. The summed E-state index contributed by atoms with van der Waals surface area (Å²) in [7, 11) is 0. The van der Waals surface area contributed by atoms with Crippen LogP contribution in [0.5, 0.6) is 5.75 Å². The Balaban J connectivity index is 1.49. The number of anilines is 1. The second-order valence-corrected chi connectivity index (χ2v) is 8.72. The molecule has 176 valence electrons. The molecule has 0 saturated carbocycles. The van der Waals surface area contributed by atoms with Crippen LogP contribution in [-0.4, -0.2) is 15.9 Å². The average Bonchev–Trinajstić information content (AvgIpc) is 3.21. The molecule has 7 nitrogen and oxygen atoms in total. The molecule has 1 unspecified atom stereocenters. The number of carbonyl (C=O) groups excluding carboxylic acids is 1. The number of fused-ring (bicyclic) bond motifs is 2. The van der Waals surface area contributed by atoms with Gasteiger partial charge in [0.15, 0.2) is 5.43 Å². The van der Waals surface area contributed by atoms with Crippen molar-refractivity contribution in [1.29, 1.82) is 0 Å². The van der Waals surface area contributed by atoms with Gasteiger partial charge in [-0.3, -0.25) is 14.5 Å². The van der Waals surface area contributed by atoms with Crippen LogP contribution in [0.2, 0.25) is 5.02 Å². The maximum Gasteiger partial charge on any atom is 0.297 e. The van der Waals surface area contributed by atoms with Gasteiger partial charge in [0.1, 0.15) is 17.9 Å². The van der Waals surface area contributed by atoms with Crippen LogP contribution in [0.1, 0.15) is 33.3 Å². The normalized spacial score (nSPS) is 14.8. The van der Waals surface area contributed by atoms with Crippen LogP contribution < -0.4 is 15.1 Å². The van der Waals surface area contributed by atoms with Crippen molar-refractivity contribution in [3.05, 3.63) is 129 Å². The van der Waals surface area contributed by atoms with E-state index in [0.717, 1.165) is 5.56 Å². The van der Waals surface area contributed by atoms with Crippen molar-refractivity contribution in [2.24, 2.45) is 0 Å². The summed E-state index contributed by atoms with van der Waals surface area (Å²) >= 11 is 6.16. The summed E-state index contributed by atoms with van der Waals surface area (Å²) < 4.78 is 12.0. The number of rotatable bonds is 5. The molecular weight excluding hydrogens is 478 g/mol. The lowest BCUT2D eigenvalue weighted by Crippen LogP contribution is -2.31. The van der Waals surface area contributed by atoms with Crippen LogP contribution in [0.15, 0.2) is 100 Å². The molecule has 3 aromatic carbocycles. The predicted molar refractivity (Wildman–Crippen MR) is 135 cm³/mol. The molecule has 1 atom stereocenters. The third kappa shape index (κ3) is 3.79. The fourth-order valence-corrected chi connectivity index (χ4v) is 4.57. The summed E-state index contributed by atoms with van der Waals surface area (Å²) in [5.74, 6) is 0.226. The van der Waals surface area contributed by atoms with Gasteiger partial charge in [-0.1, -0.05) is 54.1 Å². The Morgan fingerprint density at radius 2 is 1.72 bits per heavy atom. The third-order valence-electron chi connectivity index (χ3n) is 6.02. The maximum absolute atomic E-state index is 13.7. The number of halogens is 1. The SMILES string of the molecule is O=C1c2oc3ccc(Cl)cc3c(=O)c2C(c2cccc(OCc3ccccc3)c2)N1c1ncccn1. The second-order valence-electron chi connectivity index (χ2n) is 8.29. The number of hydrogen-bond acceptors (Lipinski definition) is 6. The lowest BCUT2D eigenvalue weighted by molar-refractivity contribution is 0.0969. The molecule has 0 radical (unpaired) electrons. The number of nitrogens with zero attached hydrogens (tertiary/aromatic N) is 3. The van der Waals surface area contributed by atoms with Gasteiger partial charge in [0, 0.05) is 17.4 Å². The highest BCUT2D eigenvalue weighted by Crippen LogP contribution is 2.40. The van der Waals surface area contributed by atoms with Crippen LogP contribution in [0.4, 0.5) is 5.95 Å². The molecule has 0 saturated heterocycles. The van der Waals surface area contributed by atoms with Gasteiger partial charge in [0.2, 0.25) is 11.7 Å². The van der Waals surface area contributed by atoms with Crippen molar-refractivity contribution in [2.45, 2.75) is 12.6 Å². The average molecular weight is 496 g/mol. The Bertz CT molecular complexity index is 1650. The quantitative estimate of drug-likeness (QED) is 0.317. The minimum atomic E-state index is -0.810. The van der Waals surface area contributed by atoms with Gasteiger partial charge in [0.05, 0.1) is 17.0 Å². The fraction of sp³-hybridized carbons (Fsp3) is 0.0714. The highest BCUT2D eigenvalue weighted by molar-refractivity contribution is 6.31. The van der Waals surface area contributed by atoms with Crippen molar-refractivity contribution in [2.75, 3.05) is 4.90 Å². The van der Waals surface area contributed by atoms with Crippen LogP contribution in [-0.2, 0) is 6.61 Å². The summed E-state index contributed by atoms with van der Waals surface area (Å²) in [6, 6.07) is 22.7. The van der Waals surface area contributed by atoms with E-state index in [1.807, 2.05) is 54.6 Å². The second kappa shape index (κ2) is 8.94. The highest BCUT2D eigenvalue weighted by Gasteiger charge is 2.45. The van der Waals surface area contributed by atoms with Crippen LogP contribution in [0, 0.1) is 0 Å². The first-order valence-corrected chi connectivity index (χ1v) is 11.6. The Morgan fingerprint density at radius 3 is 2.53 bits per heavy atom. The van der Waals surface area contributed by atoms with Crippen molar-refractivity contribution in [3.63, 3.8) is 0 Å². The molecule has 1 aliphatic heterocycles. The molecule has 6 rings (SSSR count). The van der Waals surface area contributed by atoms with Crippen LogP contribution in [0.3, 0.4) is 0 Å². The molecule has 0 N–H and O–H groups in total. The smallest absolute Gasteiger partial charge is 0.297 e. The number of carbonyl (C=O) groups is 1. The molecule has 0 fully saturated rings. The zero-order valence-electron chi connectivity index (χ0n) is 18.8. The third-order valence-corrected chi connectivity index (χ3v) is 6.26. The first-order valence-electron chi connectivity index (χ1n) is 11.2. The van der Waals surface area contributed by atoms with Gasteiger partial charge in [-0.2, -0.15) is 0 Å². The zero-order valence-corrected chi connectivity index (χ0v) is 19.6. The molecule has 2 aromatic heterocycles. The van der Waals surface area contributed by atoms with Crippen molar-refractivity contribution in [1.82, 2.24) is 9.97 Å². The Hall–Kier alpha value is -4.49. The van der Waals surface area contributed by atoms with Crippen molar-refractivity contribution >= 4 is 34.4 Å².